The van der Waals surface area contributed by atoms with Crippen LogP contribution in [0.1, 0.15) is 37.8 Å². The van der Waals surface area contributed by atoms with Crippen molar-refractivity contribution >= 4 is 11.8 Å². The highest BCUT2D eigenvalue weighted by Crippen LogP contribution is 2.26. The zero-order valence-electron chi connectivity index (χ0n) is 22.1. The van der Waals surface area contributed by atoms with E-state index in [0.29, 0.717) is 17.7 Å². The number of aliphatic hydroxyl groups excluding tert-OH is 3. The van der Waals surface area contributed by atoms with E-state index in [2.05, 4.69) is 5.32 Å². The first-order chi connectivity index (χ1) is 18.1. The van der Waals surface area contributed by atoms with E-state index in [0.717, 1.165) is 50.1 Å². The highest BCUT2D eigenvalue weighted by molar-refractivity contribution is 5.92. The molecule has 11 heteroatoms. The molecule has 0 bridgehead atoms. The van der Waals surface area contributed by atoms with Crippen LogP contribution in [0.3, 0.4) is 0 Å². The molecule has 38 heavy (non-hydrogen) atoms. The lowest BCUT2D eigenvalue weighted by atomic mass is 9.96. The lowest BCUT2D eigenvalue weighted by Crippen LogP contribution is -2.58. The van der Waals surface area contributed by atoms with Crippen LogP contribution in [0.5, 0.6) is 0 Å². The smallest absolute Gasteiger partial charge is 0.231 e. The molecule has 3 rings (SSSR count). The van der Waals surface area contributed by atoms with E-state index in [1.165, 1.54) is 0 Å². The third-order valence-electron chi connectivity index (χ3n) is 7.01. The highest BCUT2D eigenvalue weighted by Gasteiger charge is 2.46. The Labute approximate surface area is 223 Å². The number of rotatable bonds is 10. The molecule has 2 aliphatic rings. The van der Waals surface area contributed by atoms with Gasteiger partial charge in [0.25, 0.3) is 0 Å². The number of aliphatic hydroxyl groups is 3. The Bertz CT molecular complexity index is 965. The largest absolute Gasteiger partial charge is 0.445 e. The average molecular weight is 537 g/mol. The summed E-state index contributed by atoms with van der Waals surface area (Å²) in [6.07, 6.45) is -6.17. The van der Waals surface area contributed by atoms with Gasteiger partial charge in [-0.1, -0.05) is 38.1 Å². The second-order valence-corrected chi connectivity index (χ2v) is 10.2. The number of nitrogens with one attached hydrogen (secondary N) is 2. The number of carbonyl (C=O) groups is 1. The topological polar surface area (TPSA) is 161 Å². The molecule has 5 unspecified atom stereocenters. The summed E-state index contributed by atoms with van der Waals surface area (Å²) in [4.78, 5) is 14.3. The van der Waals surface area contributed by atoms with Gasteiger partial charge >= 0.3 is 0 Å². The molecule has 2 heterocycles. The predicted molar refractivity (Wildman–Crippen MR) is 140 cm³/mol. The van der Waals surface area contributed by atoms with Crippen molar-refractivity contribution in [2.24, 2.45) is 11.7 Å². The van der Waals surface area contributed by atoms with Crippen LogP contribution in [0.25, 0.3) is 0 Å². The molecule has 0 radical (unpaired) electrons. The van der Waals surface area contributed by atoms with Gasteiger partial charge in [-0.25, -0.2) is 4.39 Å². The minimum Gasteiger partial charge on any atom is -0.445 e. The predicted octanol–water partition coefficient (Wildman–Crippen LogP) is 0.623. The van der Waals surface area contributed by atoms with Crippen molar-refractivity contribution in [1.29, 1.82) is 5.41 Å². The fraction of sp³-hybridized carbons (Fsp3) is 0.630. The van der Waals surface area contributed by atoms with Gasteiger partial charge in [0.1, 0.15) is 18.3 Å². The quantitative estimate of drug-likeness (QED) is 0.187. The van der Waals surface area contributed by atoms with E-state index in [-0.39, 0.29) is 24.1 Å². The maximum absolute atomic E-state index is 14.1. The number of hydrogen-bond acceptors (Lipinski definition) is 9. The Balaban J connectivity index is 1.61. The Morgan fingerprint density at radius 3 is 2.45 bits per heavy atom. The van der Waals surface area contributed by atoms with Crippen molar-refractivity contribution in [2.45, 2.75) is 70.3 Å². The molecule has 2 aliphatic heterocycles. The van der Waals surface area contributed by atoms with Crippen molar-refractivity contribution in [3.63, 3.8) is 0 Å². The van der Waals surface area contributed by atoms with Crippen molar-refractivity contribution in [3.8, 4) is 0 Å². The number of nitrogens with zero attached hydrogens (tertiary/aromatic N) is 1. The molecule has 2 fully saturated rings. The normalized spacial score (nSPS) is 26.7. The lowest BCUT2D eigenvalue weighted by Gasteiger charge is -2.38. The molecule has 0 spiro atoms. The molecule has 7 N–H and O–H groups in total. The molecule has 1 amide bonds. The van der Waals surface area contributed by atoms with Crippen LogP contribution in [0, 0.1) is 11.3 Å². The highest BCUT2D eigenvalue weighted by atomic mass is 19.1. The number of hydrogen-bond donors (Lipinski definition) is 6. The standard InChI is InChI=1S/C27H41FN4O6/c1-16(2)23(29)19(26(30)38-27-25(36)24(35)22(28)20(15-33)37-27)14-18-8-6-17(7-9-18)4-3-5-21(34)32-12-10-31-11-13-32/h6-9,16,20,22,24-25,27,30-31,33,35-36H,3-5,10-15,29H2,1-2H3/b23-19-,30-26?. The second-order valence-electron chi connectivity index (χ2n) is 10.2. The summed E-state index contributed by atoms with van der Waals surface area (Å²) < 4.78 is 24.8. The van der Waals surface area contributed by atoms with Crippen molar-refractivity contribution in [2.75, 3.05) is 32.8 Å². The molecule has 0 aromatic heterocycles. The number of amides is 1. The van der Waals surface area contributed by atoms with E-state index >= 15 is 0 Å². The first-order valence-electron chi connectivity index (χ1n) is 13.2. The van der Waals surface area contributed by atoms with Crippen LogP contribution < -0.4 is 11.1 Å². The number of ether oxygens (including phenoxy) is 2. The number of benzene rings is 1. The fourth-order valence-electron chi connectivity index (χ4n) is 4.53. The van der Waals surface area contributed by atoms with Crippen molar-refractivity contribution in [3.05, 3.63) is 46.7 Å². The Morgan fingerprint density at radius 1 is 1.21 bits per heavy atom. The molecule has 1 aromatic rings. The van der Waals surface area contributed by atoms with Gasteiger partial charge in [-0.3, -0.25) is 10.2 Å². The number of carbonyl (C=O) groups excluding carboxylic acids is 1. The first kappa shape index (κ1) is 30.0. The van der Waals surface area contributed by atoms with Crippen LogP contribution >= 0.6 is 0 Å². The second kappa shape index (κ2) is 14.0. The van der Waals surface area contributed by atoms with Crippen LogP contribution in [-0.2, 0) is 27.1 Å². The molecule has 0 saturated carbocycles. The van der Waals surface area contributed by atoms with Gasteiger partial charge in [0, 0.05) is 50.3 Å². The minimum absolute atomic E-state index is 0.107. The van der Waals surface area contributed by atoms with Crippen LogP contribution in [0.15, 0.2) is 35.5 Å². The SMILES string of the molecule is CC(C)/C(N)=C(\Cc1ccc(CCCC(=O)N2CCNCC2)cc1)C(=N)OC1OC(CO)C(F)C(O)C1O. The van der Waals surface area contributed by atoms with Gasteiger partial charge in [-0.15, -0.1) is 0 Å². The Kier molecular flexibility index (Phi) is 11.0. The summed E-state index contributed by atoms with van der Waals surface area (Å²) in [5, 5.41) is 41.3. The van der Waals surface area contributed by atoms with E-state index in [1.807, 2.05) is 43.0 Å². The average Bonchev–Trinajstić information content (AvgIpc) is 2.92. The summed E-state index contributed by atoms with van der Waals surface area (Å²) in [7, 11) is 0. The summed E-state index contributed by atoms with van der Waals surface area (Å²) in [5.41, 5.74) is 9.07. The van der Waals surface area contributed by atoms with Gasteiger partial charge in [0.2, 0.25) is 18.1 Å². The number of nitrogens with two attached hydrogens (primary N) is 1. The molecular formula is C27H41FN4O6. The summed E-state index contributed by atoms with van der Waals surface area (Å²) in [5.74, 6) is -0.283. The van der Waals surface area contributed by atoms with E-state index in [9.17, 15) is 24.5 Å². The zero-order chi connectivity index (χ0) is 27.8. The van der Waals surface area contributed by atoms with Crippen LogP contribution in [0.4, 0.5) is 4.39 Å². The van der Waals surface area contributed by atoms with Gasteiger partial charge in [0.05, 0.1) is 6.61 Å². The third-order valence-corrected chi connectivity index (χ3v) is 7.01. The number of alkyl halides is 1. The fourth-order valence-corrected chi connectivity index (χ4v) is 4.53. The van der Waals surface area contributed by atoms with Crippen molar-refractivity contribution < 1.29 is 34.0 Å². The molecule has 212 valence electrons. The van der Waals surface area contributed by atoms with Crippen molar-refractivity contribution in [1.82, 2.24) is 10.2 Å². The van der Waals surface area contributed by atoms with E-state index in [1.54, 1.807) is 0 Å². The minimum atomic E-state index is -1.99. The van der Waals surface area contributed by atoms with Gasteiger partial charge < -0.3 is 40.7 Å². The van der Waals surface area contributed by atoms with Crippen LogP contribution in [0.2, 0.25) is 0 Å². The molecule has 5 atom stereocenters. The third kappa shape index (κ3) is 7.73. The van der Waals surface area contributed by atoms with Gasteiger partial charge in [0.15, 0.2) is 6.17 Å². The lowest BCUT2D eigenvalue weighted by molar-refractivity contribution is -0.269. The van der Waals surface area contributed by atoms with Gasteiger partial charge in [-0.2, -0.15) is 0 Å². The number of piperazine rings is 1. The molecule has 10 nitrogen and oxygen atoms in total. The summed E-state index contributed by atoms with van der Waals surface area (Å²) >= 11 is 0. The summed E-state index contributed by atoms with van der Waals surface area (Å²) in [6.45, 7) is 6.22. The van der Waals surface area contributed by atoms with Gasteiger partial charge in [-0.05, 0) is 29.9 Å². The van der Waals surface area contributed by atoms with E-state index < -0.39 is 37.4 Å². The molecule has 0 aliphatic carbocycles. The first-order valence-corrected chi connectivity index (χ1v) is 13.2. The molecule has 1 aromatic carbocycles. The number of halogens is 1. The number of allylic oxidation sites excluding steroid dienone is 1. The molecular weight excluding hydrogens is 495 g/mol. The van der Waals surface area contributed by atoms with E-state index in [4.69, 9.17) is 20.6 Å². The Hall–Kier alpha value is -2.57. The van der Waals surface area contributed by atoms with Crippen LogP contribution in [-0.4, -0.2) is 95.6 Å². The maximum Gasteiger partial charge on any atom is 0.231 e. The Morgan fingerprint density at radius 2 is 1.84 bits per heavy atom. The monoisotopic (exact) mass is 536 g/mol. The number of aryl methyl sites for hydroxylation is 1. The maximum atomic E-state index is 14.1. The zero-order valence-corrected chi connectivity index (χ0v) is 22.1. The molecule has 2 saturated heterocycles. The summed E-state index contributed by atoms with van der Waals surface area (Å²) in [6, 6.07) is 7.82.